The molecule has 0 unspecified atom stereocenters. The molecule has 0 aromatic carbocycles. The van der Waals surface area contributed by atoms with Crippen LogP contribution in [0.2, 0.25) is 0 Å². The third kappa shape index (κ3) is 2.32. The lowest BCUT2D eigenvalue weighted by Gasteiger charge is -2.21. The highest BCUT2D eigenvalue weighted by molar-refractivity contribution is 5.94. The summed E-state index contributed by atoms with van der Waals surface area (Å²) in [6.07, 6.45) is 4.82. The number of hydrogen-bond donors (Lipinski definition) is 1. The summed E-state index contributed by atoms with van der Waals surface area (Å²) in [5, 5.41) is 0. The Balaban J connectivity index is 2.12. The molecule has 1 aromatic heterocycles. The maximum atomic E-state index is 12.2. The lowest BCUT2D eigenvalue weighted by molar-refractivity contribution is 0.0743. The second-order valence-electron chi connectivity index (χ2n) is 4.20. The Kier molecular flexibility index (Phi) is 3.08. The lowest BCUT2D eigenvalue weighted by Crippen LogP contribution is -2.33. The van der Waals surface area contributed by atoms with Crippen LogP contribution in [0, 0.1) is 0 Å². The molecular formula is C12H17N3O. The smallest absolute Gasteiger partial charge is 0.255 e. The molecule has 2 rings (SSSR count). The molecule has 2 N–H and O–H groups in total. The summed E-state index contributed by atoms with van der Waals surface area (Å²) in [6, 6.07) is 3.87. The average Bonchev–Trinajstić information content (AvgIpc) is 3.10. The molecular weight excluding hydrogens is 202 g/mol. The topological polar surface area (TPSA) is 59.2 Å². The van der Waals surface area contributed by atoms with E-state index in [4.69, 9.17) is 5.73 Å². The van der Waals surface area contributed by atoms with Crippen LogP contribution >= 0.6 is 0 Å². The predicted molar refractivity (Wildman–Crippen MR) is 63.0 cm³/mol. The van der Waals surface area contributed by atoms with Gasteiger partial charge in [-0.3, -0.25) is 4.79 Å². The van der Waals surface area contributed by atoms with E-state index < -0.39 is 0 Å². The number of nitrogens with two attached hydrogens (primary N) is 1. The number of anilines is 1. The molecule has 1 fully saturated rings. The summed E-state index contributed by atoms with van der Waals surface area (Å²) in [5.41, 5.74) is 6.13. The summed E-state index contributed by atoms with van der Waals surface area (Å²) >= 11 is 0. The molecule has 0 spiro atoms. The summed E-state index contributed by atoms with van der Waals surface area (Å²) in [7, 11) is 0. The van der Waals surface area contributed by atoms with Crippen LogP contribution in [0.25, 0.3) is 0 Å². The number of nitrogen functional groups attached to an aromatic ring is 1. The molecule has 1 saturated carbocycles. The minimum Gasteiger partial charge on any atom is -0.384 e. The van der Waals surface area contributed by atoms with Gasteiger partial charge in [-0.05, 0) is 31.4 Å². The Hall–Kier alpha value is -1.58. The van der Waals surface area contributed by atoms with E-state index in [1.165, 1.54) is 0 Å². The van der Waals surface area contributed by atoms with E-state index in [1.54, 1.807) is 18.3 Å². The van der Waals surface area contributed by atoms with Gasteiger partial charge in [0.25, 0.3) is 5.91 Å². The number of carbonyl (C=O) groups excluding carboxylic acids is 1. The van der Waals surface area contributed by atoms with Gasteiger partial charge in [-0.25, -0.2) is 4.98 Å². The van der Waals surface area contributed by atoms with Crippen LogP contribution in [0.3, 0.4) is 0 Å². The first-order valence-electron chi connectivity index (χ1n) is 5.75. The Morgan fingerprint density at radius 1 is 1.56 bits per heavy atom. The number of nitrogens with zero attached hydrogens (tertiary/aromatic N) is 2. The van der Waals surface area contributed by atoms with Crippen molar-refractivity contribution in [3.63, 3.8) is 0 Å². The Morgan fingerprint density at radius 3 is 2.81 bits per heavy atom. The molecule has 0 saturated heterocycles. The number of hydrogen-bond acceptors (Lipinski definition) is 3. The zero-order valence-electron chi connectivity index (χ0n) is 9.52. The summed E-state index contributed by atoms with van der Waals surface area (Å²) in [5.74, 6) is 0.530. The standard InChI is InChI=1S/C12H17N3O/c1-2-7-15(10-4-5-10)12(16)9-3-6-11(13)14-8-9/h3,6,8,10H,2,4-5,7H2,1H3,(H2,13,14). The third-order valence-electron chi connectivity index (χ3n) is 2.75. The molecule has 86 valence electrons. The maximum absolute atomic E-state index is 12.2. The van der Waals surface area contributed by atoms with E-state index in [0.717, 1.165) is 25.8 Å². The second-order valence-corrected chi connectivity index (χ2v) is 4.20. The number of pyridine rings is 1. The monoisotopic (exact) mass is 219 g/mol. The summed E-state index contributed by atoms with van der Waals surface area (Å²) in [4.78, 5) is 18.1. The van der Waals surface area contributed by atoms with Gasteiger partial charge in [-0.15, -0.1) is 0 Å². The molecule has 4 nitrogen and oxygen atoms in total. The van der Waals surface area contributed by atoms with Crippen molar-refractivity contribution < 1.29 is 4.79 Å². The average molecular weight is 219 g/mol. The van der Waals surface area contributed by atoms with Crippen LogP contribution in [-0.4, -0.2) is 28.4 Å². The molecule has 4 heteroatoms. The van der Waals surface area contributed by atoms with E-state index in [0.29, 0.717) is 17.4 Å². The van der Waals surface area contributed by atoms with Gasteiger partial charge in [0, 0.05) is 18.8 Å². The first-order valence-corrected chi connectivity index (χ1v) is 5.75. The first kappa shape index (κ1) is 10.9. The van der Waals surface area contributed by atoms with Crippen LogP contribution in [0.5, 0.6) is 0 Å². The zero-order chi connectivity index (χ0) is 11.5. The van der Waals surface area contributed by atoms with Crippen molar-refractivity contribution in [1.29, 1.82) is 0 Å². The van der Waals surface area contributed by atoms with Crippen molar-refractivity contribution in [2.75, 3.05) is 12.3 Å². The van der Waals surface area contributed by atoms with E-state index in [1.807, 2.05) is 4.90 Å². The highest BCUT2D eigenvalue weighted by atomic mass is 16.2. The van der Waals surface area contributed by atoms with Gasteiger partial charge in [-0.1, -0.05) is 6.92 Å². The summed E-state index contributed by atoms with van der Waals surface area (Å²) in [6.45, 7) is 2.91. The molecule has 1 heterocycles. The fraction of sp³-hybridized carbons (Fsp3) is 0.500. The highest BCUT2D eigenvalue weighted by Crippen LogP contribution is 2.28. The van der Waals surface area contributed by atoms with Crippen molar-refractivity contribution in [2.24, 2.45) is 0 Å². The van der Waals surface area contributed by atoms with Crippen molar-refractivity contribution in [3.05, 3.63) is 23.9 Å². The van der Waals surface area contributed by atoms with E-state index in [9.17, 15) is 4.79 Å². The fourth-order valence-corrected chi connectivity index (χ4v) is 1.77. The fourth-order valence-electron chi connectivity index (χ4n) is 1.77. The van der Waals surface area contributed by atoms with Crippen LogP contribution in [-0.2, 0) is 0 Å². The predicted octanol–water partition coefficient (Wildman–Crippen LogP) is 1.68. The van der Waals surface area contributed by atoms with Crippen molar-refractivity contribution in [3.8, 4) is 0 Å². The minimum atomic E-state index is 0.0804. The first-order chi connectivity index (χ1) is 7.72. The van der Waals surface area contributed by atoms with Gasteiger partial charge in [0.05, 0.1) is 5.56 Å². The quantitative estimate of drug-likeness (QED) is 0.838. The molecule has 0 bridgehead atoms. The molecule has 16 heavy (non-hydrogen) atoms. The number of amides is 1. The Labute approximate surface area is 95.5 Å². The van der Waals surface area contributed by atoms with Crippen molar-refractivity contribution in [1.82, 2.24) is 9.88 Å². The zero-order valence-corrected chi connectivity index (χ0v) is 9.52. The van der Waals surface area contributed by atoms with Gasteiger partial charge in [0.1, 0.15) is 5.82 Å². The molecule has 0 radical (unpaired) electrons. The minimum absolute atomic E-state index is 0.0804. The van der Waals surface area contributed by atoms with Gasteiger partial charge in [-0.2, -0.15) is 0 Å². The molecule has 1 aromatic rings. The number of rotatable bonds is 4. The maximum Gasteiger partial charge on any atom is 0.255 e. The van der Waals surface area contributed by atoms with E-state index in [-0.39, 0.29) is 5.91 Å². The van der Waals surface area contributed by atoms with Crippen LogP contribution < -0.4 is 5.73 Å². The van der Waals surface area contributed by atoms with Gasteiger partial charge in [0.15, 0.2) is 0 Å². The van der Waals surface area contributed by atoms with E-state index >= 15 is 0 Å². The molecule has 1 aliphatic rings. The largest absolute Gasteiger partial charge is 0.384 e. The van der Waals surface area contributed by atoms with Gasteiger partial charge < -0.3 is 10.6 Å². The van der Waals surface area contributed by atoms with Crippen LogP contribution in [0.1, 0.15) is 36.5 Å². The van der Waals surface area contributed by atoms with Crippen molar-refractivity contribution >= 4 is 11.7 Å². The van der Waals surface area contributed by atoms with Crippen molar-refractivity contribution in [2.45, 2.75) is 32.2 Å². The molecule has 1 amide bonds. The summed E-state index contributed by atoms with van der Waals surface area (Å²) < 4.78 is 0. The Bertz CT molecular complexity index is 370. The van der Waals surface area contributed by atoms with Crippen LogP contribution in [0.15, 0.2) is 18.3 Å². The molecule has 0 aliphatic heterocycles. The molecule has 0 atom stereocenters. The number of aromatic nitrogens is 1. The number of carbonyl (C=O) groups is 1. The van der Waals surface area contributed by atoms with E-state index in [2.05, 4.69) is 11.9 Å². The normalized spacial score (nSPS) is 14.8. The highest BCUT2D eigenvalue weighted by Gasteiger charge is 2.32. The SMILES string of the molecule is CCCN(C(=O)c1ccc(N)nc1)C1CC1. The lowest BCUT2D eigenvalue weighted by atomic mass is 10.2. The third-order valence-corrected chi connectivity index (χ3v) is 2.75. The Morgan fingerprint density at radius 2 is 2.31 bits per heavy atom. The van der Waals surface area contributed by atoms with Gasteiger partial charge >= 0.3 is 0 Å². The van der Waals surface area contributed by atoms with Crippen LogP contribution in [0.4, 0.5) is 5.82 Å². The second kappa shape index (κ2) is 4.51. The van der Waals surface area contributed by atoms with Gasteiger partial charge in [0.2, 0.25) is 0 Å². The molecule has 1 aliphatic carbocycles.